The van der Waals surface area contributed by atoms with Crippen LogP contribution in [0.4, 0.5) is 10.5 Å². The van der Waals surface area contributed by atoms with Gasteiger partial charge in [0, 0.05) is 51.2 Å². The molecule has 1 saturated heterocycles. The molecule has 7 heteroatoms. The molecule has 1 aliphatic heterocycles. The van der Waals surface area contributed by atoms with Gasteiger partial charge in [-0.25, -0.2) is 4.79 Å². The van der Waals surface area contributed by atoms with Gasteiger partial charge in [-0.1, -0.05) is 13.0 Å². The minimum atomic E-state index is -0.0545. The number of pyridine rings is 1. The van der Waals surface area contributed by atoms with Crippen LogP contribution in [0.25, 0.3) is 0 Å². The maximum Gasteiger partial charge on any atom is 0.322 e. The van der Waals surface area contributed by atoms with Crippen molar-refractivity contribution in [2.24, 2.45) is 0 Å². The van der Waals surface area contributed by atoms with Crippen LogP contribution in [0.15, 0.2) is 36.8 Å². The lowest BCUT2D eigenvalue weighted by Gasteiger charge is -2.37. The van der Waals surface area contributed by atoms with Crippen LogP contribution < -0.4 is 5.32 Å². The molecule has 0 unspecified atom stereocenters. The second kappa shape index (κ2) is 8.11. The number of amides is 2. The minimum Gasteiger partial charge on any atom is -0.322 e. The SMILES string of the molecule is CCCn1cc(NC(=O)N2CCN([C@H](C)c3ccccn3)CC2)cn1. The Kier molecular flexibility index (Phi) is 5.65. The molecule has 0 bridgehead atoms. The average molecular weight is 342 g/mol. The van der Waals surface area contributed by atoms with Crippen molar-refractivity contribution in [1.29, 1.82) is 0 Å². The van der Waals surface area contributed by atoms with E-state index in [0.29, 0.717) is 13.1 Å². The molecule has 134 valence electrons. The van der Waals surface area contributed by atoms with E-state index in [-0.39, 0.29) is 12.1 Å². The van der Waals surface area contributed by atoms with E-state index >= 15 is 0 Å². The molecular formula is C18H26N6O. The number of urea groups is 1. The lowest BCUT2D eigenvalue weighted by Crippen LogP contribution is -2.50. The lowest BCUT2D eigenvalue weighted by atomic mass is 10.1. The Morgan fingerprint density at radius 3 is 2.76 bits per heavy atom. The molecule has 0 aliphatic carbocycles. The van der Waals surface area contributed by atoms with Gasteiger partial charge in [0.2, 0.25) is 0 Å². The van der Waals surface area contributed by atoms with E-state index in [1.807, 2.05) is 34.1 Å². The molecule has 7 nitrogen and oxygen atoms in total. The molecule has 1 fully saturated rings. The van der Waals surface area contributed by atoms with Gasteiger partial charge in [0.1, 0.15) is 0 Å². The van der Waals surface area contributed by atoms with Crippen LogP contribution in [0.1, 0.15) is 32.0 Å². The summed E-state index contributed by atoms with van der Waals surface area (Å²) in [5, 5.41) is 7.18. The molecule has 2 amide bonds. The van der Waals surface area contributed by atoms with Gasteiger partial charge in [-0.3, -0.25) is 14.6 Å². The Morgan fingerprint density at radius 1 is 1.28 bits per heavy atom. The summed E-state index contributed by atoms with van der Waals surface area (Å²) in [6.07, 6.45) is 6.42. The van der Waals surface area contributed by atoms with Crippen LogP contribution in [-0.4, -0.2) is 56.8 Å². The predicted octanol–water partition coefficient (Wildman–Crippen LogP) is 2.60. The third kappa shape index (κ3) is 4.36. The molecule has 0 aromatic carbocycles. The van der Waals surface area contributed by atoms with Gasteiger partial charge in [-0.15, -0.1) is 0 Å². The van der Waals surface area contributed by atoms with Crippen LogP contribution in [0.3, 0.4) is 0 Å². The largest absolute Gasteiger partial charge is 0.322 e. The Morgan fingerprint density at radius 2 is 2.08 bits per heavy atom. The number of carbonyl (C=O) groups is 1. The second-order valence-corrected chi connectivity index (χ2v) is 6.38. The van der Waals surface area contributed by atoms with Crippen LogP contribution in [0, 0.1) is 0 Å². The van der Waals surface area contributed by atoms with E-state index < -0.39 is 0 Å². The molecular weight excluding hydrogens is 316 g/mol. The van der Waals surface area contributed by atoms with E-state index in [9.17, 15) is 4.79 Å². The van der Waals surface area contributed by atoms with E-state index in [0.717, 1.165) is 37.4 Å². The first-order chi connectivity index (χ1) is 12.2. The molecule has 3 rings (SSSR count). The summed E-state index contributed by atoms with van der Waals surface area (Å²) in [6, 6.07) is 6.21. The number of aromatic nitrogens is 3. The fourth-order valence-electron chi connectivity index (χ4n) is 3.10. The topological polar surface area (TPSA) is 66.3 Å². The standard InChI is InChI=1S/C18H26N6O/c1-3-8-24-14-16(13-20-24)21-18(25)23-11-9-22(10-12-23)15(2)17-6-4-5-7-19-17/h4-7,13-15H,3,8-12H2,1-2H3,(H,21,25)/t15-/m1/s1. The zero-order chi connectivity index (χ0) is 17.6. The van der Waals surface area contributed by atoms with E-state index in [2.05, 4.69) is 40.2 Å². The quantitative estimate of drug-likeness (QED) is 0.907. The number of rotatable bonds is 5. The van der Waals surface area contributed by atoms with Crippen molar-refractivity contribution in [2.45, 2.75) is 32.9 Å². The molecule has 1 N–H and O–H groups in total. The first-order valence-electron chi connectivity index (χ1n) is 8.90. The molecule has 1 atom stereocenters. The zero-order valence-corrected chi connectivity index (χ0v) is 14.9. The highest BCUT2D eigenvalue weighted by Crippen LogP contribution is 2.19. The summed E-state index contributed by atoms with van der Waals surface area (Å²) in [5.74, 6) is 0. The predicted molar refractivity (Wildman–Crippen MR) is 97.3 cm³/mol. The molecule has 1 aliphatic rings. The van der Waals surface area contributed by atoms with Crippen molar-refractivity contribution in [3.8, 4) is 0 Å². The minimum absolute atomic E-state index is 0.0545. The number of hydrogen-bond donors (Lipinski definition) is 1. The highest BCUT2D eigenvalue weighted by Gasteiger charge is 2.25. The van der Waals surface area contributed by atoms with Crippen LogP contribution >= 0.6 is 0 Å². The first-order valence-corrected chi connectivity index (χ1v) is 8.90. The third-order valence-electron chi connectivity index (χ3n) is 4.60. The fraction of sp³-hybridized carbons (Fsp3) is 0.500. The fourth-order valence-corrected chi connectivity index (χ4v) is 3.10. The number of aryl methyl sites for hydroxylation is 1. The van der Waals surface area contributed by atoms with Crippen molar-refractivity contribution >= 4 is 11.7 Å². The number of nitrogens with zero attached hydrogens (tertiary/aromatic N) is 5. The van der Waals surface area contributed by atoms with E-state index in [4.69, 9.17) is 0 Å². The van der Waals surface area contributed by atoms with E-state index in [1.165, 1.54) is 0 Å². The molecule has 2 aromatic rings. The molecule has 2 aromatic heterocycles. The Hall–Kier alpha value is -2.41. The van der Waals surface area contributed by atoms with Gasteiger partial charge in [0.25, 0.3) is 0 Å². The lowest BCUT2D eigenvalue weighted by molar-refractivity contribution is 0.118. The van der Waals surface area contributed by atoms with Crippen LogP contribution in [0.5, 0.6) is 0 Å². The van der Waals surface area contributed by atoms with Crippen LogP contribution in [-0.2, 0) is 6.54 Å². The number of nitrogens with one attached hydrogen (secondary N) is 1. The number of anilines is 1. The van der Waals surface area contributed by atoms with Crippen molar-refractivity contribution in [3.63, 3.8) is 0 Å². The van der Waals surface area contributed by atoms with Gasteiger partial charge >= 0.3 is 6.03 Å². The normalized spacial score (nSPS) is 16.6. The smallest absolute Gasteiger partial charge is 0.322 e. The maximum absolute atomic E-state index is 12.4. The summed E-state index contributed by atoms with van der Waals surface area (Å²) < 4.78 is 1.85. The summed E-state index contributed by atoms with van der Waals surface area (Å²) >= 11 is 0. The molecule has 25 heavy (non-hydrogen) atoms. The van der Waals surface area contributed by atoms with Gasteiger partial charge in [0.15, 0.2) is 0 Å². The zero-order valence-electron chi connectivity index (χ0n) is 14.9. The molecule has 0 radical (unpaired) electrons. The number of hydrogen-bond acceptors (Lipinski definition) is 4. The van der Waals surface area contributed by atoms with E-state index in [1.54, 1.807) is 6.20 Å². The van der Waals surface area contributed by atoms with Crippen LogP contribution in [0.2, 0.25) is 0 Å². The van der Waals surface area contributed by atoms with Crippen molar-refractivity contribution in [2.75, 3.05) is 31.5 Å². The monoisotopic (exact) mass is 342 g/mol. The summed E-state index contributed by atoms with van der Waals surface area (Å²) in [7, 11) is 0. The molecule has 3 heterocycles. The van der Waals surface area contributed by atoms with Crippen molar-refractivity contribution in [1.82, 2.24) is 24.6 Å². The highest BCUT2D eigenvalue weighted by atomic mass is 16.2. The number of piperazine rings is 1. The third-order valence-corrected chi connectivity index (χ3v) is 4.60. The van der Waals surface area contributed by atoms with Crippen molar-refractivity contribution in [3.05, 3.63) is 42.5 Å². The Balaban J connectivity index is 1.50. The Bertz CT molecular complexity index is 678. The van der Waals surface area contributed by atoms with Gasteiger partial charge in [-0.2, -0.15) is 5.10 Å². The summed E-state index contributed by atoms with van der Waals surface area (Å²) in [4.78, 5) is 21.1. The molecule has 0 spiro atoms. The average Bonchev–Trinajstić information content (AvgIpc) is 3.09. The highest BCUT2D eigenvalue weighted by molar-refractivity contribution is 5.89. The maximum atomic E-state index is 12.4. The Labute approximate surface area is 148 Å². The summed E-state index contributed by atoms with van der Waals surface area (Å²) in [5.41, 5.74) is 1.83. The van der Waals surface area contributed by atoms with Gasteiger partial charge in [-0.05, 0) is 25.5 Å². The molecule has 0 saturated carbocycles. The number of carbonyl (C=O) groups excluding carboxylic acids is 1. The first kappa shape index (κ1) is 17.4. The second-order valence-electron chi connectivity index (χ2n) is 6.38. The van der Waals surface area contributed by atoms with Crippen molar-refractivity contribution < 1.29 is 4.79 Å². The van der Waals surface area contributed by atoms with Gasteiger partial charge in [0.05, 0.1) is 17.6 Å². The summed E-state index contributed by atoms with van der Waals surface area (Å²) in [6.45, 7) is 8.25. The van der Waals surface area contributed by atoms with Gasteiger partial charge < -0.3 is 10.2 Å².